The predicted molar refractivity (Wildman–Crippen MR) is 72.4 cm³/mol. The van der Waals surface area contributed by atoms with Gasteiger partial charge < -0.3 is 10.0 Å². The largest absolute Gasteiger partial charge is 0.392 e. The molecule has 7 heteroatoms. The van der Waals surface area contributed by atoms with Gasteiger partial charge in [-0.3, -0.25) is 0 Å². The SMILES string of the molecule is CC1(C)CN(c2cc(Cl)nc3ncnn23)CCC1O. The molecule has 0 saturated carbocycles. The fourth-order valence-electron chi connectivity index (χ4n) is 2.53. The molecule has 1 N–H and O–H groups in total. The number of anilines is 1. The van der Waals surface area contributed by atoms with E-state index in [1.54, 1.807) is 10.6 Å². The van der Waals surface area contributed by atoms with Gasteiger partial charge in [0.1, 0.15) is 17.3 Å². The van der Waals surface area contributed by atoms with Gasteiger partial charge in [0, 0.05) is 24.6 Å². The molecular formula is C12H16ClN5O. The number of fused-ring (bicyclic) bond motifs is 1. The number of aliphatic hydroxyl groups excluding tert-OH is 1. The van der Waals surface area contributed by atoms with Gasteiger partial charge in [0.15, 0.2) is 0 Å². The number of rotatable bonds is 1. The van der Waals surface area contributed by atoms with E-state index < -0.39 is 0 Å². The molecule has 2 aromatic heterocycles. The topological polar surface area (TPSA) is 66.6 Å². The number of hydrogen-bond acceptors (Lipinski definition) is 5. The van der Waals surface area contributed by atoms with Crippen LogP contribution in [0.25, 0.3) is 5.78 Å². The van der Waals surface area contributed by atoms with Gasteiger partial charge in [-0.1, -0.05) is 25.4 Å². The first-order chi connectivity index (χ1) is 8.97. The fourth-order valence-corrected chi connectivity index (χ4v) is 2.71. The summed E-state index contributed by atoms with van der Waals surface area (Å²) in [5.74, 6) is 1.36. The smallest absolute Gasteiger partial charge is 0.255 e. The first kappa shape index (κ1) is 12.6. The van der Waals surface area contributed by atoms with E-state index in [4.69, 9.17) is 11.6 Å². The Labute approximate surface area is 116 Å². The Morgan fingerprint density at radius 2 is 2.26 bits per heavy atom. The lowest BCUT2D eigenvalue weighted by molar-refractivity contribution is 0.0333. The van der Waals surface area contributed by atoms with E-state index in [0.717, 1.165) is 25.3 Å². The van der Waals surface area contributed by atoms with E-state index >= 15 is 0 Å². The van der Waals surface area contributed by atoms with Crippen molar-refractivity contribution in [3.05, 3.63) is 17.5 Å². The van der Waals surface area contributed by atoms with E-state index in [1.165, 1.54) is 6.33 Å². The molecule has 3 rings (SSSR count). The molecule has 1 saturated heterocycles. The molecule has 1 unspecified atom stereocenters. The van der Waals surface area contributed by atoms with Crippen molar-refractivity contribution < 1.29 is 5.11 Å². The van der Waals surface area contributed by atoms with Crippen LogP contribution in [0.3, 0.4) is 0 Å². The second-order valence-corrected chi connectivity index (χ2v) is 6.01. The van der Waals surface area contributed by atoms with Crippen LogP contribution in [0.15, 0.2) is 12.4 Å². The fraction of sp³-hybridized carbons (Fsp3) is 0.583. The maximum atomic E-state index is 10.0. The van der Waals surface area contributed by atoms with Crippen molar-refractivity contribution in [1.29, 1.82) is 0 Å². The van der Waals surface area contributed by atoms with E-state index in [1.807, 2.05) is 0 Å². The number of nitrogens with zero attached hydrogens (tertiary/aromatic N) is 5. The number of aromatic nitrogens is 4. The van der Waals surface area contributed by atoms with Crippen molar-refractivity contribution in [1.82, 2.24) is 19.6 Å². The molecule has 19 heavy (non-hydrogen) atoms. The summed E-state index contributed by atoms with van der Waals surface area (Å²) in [6.07, 6.45) is 1.90. The summed E-state index contributed by atoms with van der Waals surface area (Å²) in [7, 11) is 0. The van der Waals surface area contributed by atoms with Crippen molar-refractivity contribution in [3.63, 3.8) is 0 Å². The number of aliphatic hydroxyl groups is 1. The van der Waals surface area contributed by atoms with Crippen molar-refractivity contribution in [2.75, 3.05) is 18.0 Å². The van der Waals surface area contributed by atoms with Gasteiger partial charge in [-0.2, -0.15) is 19.6 Å². The molecule has 0 spiro atoms. The standard InChI is InChI=1S/C12H16ClN5O/c1-12(2)6-17(4-3-8(12)19)10-5-9(13)16-11-14-7-15-18(10)11/h5,7-8,19H,3-4,6H2,1-2H3. The van der Waals surface area contributed by atoms with Gasteiger partial charge in [-0.25, -0.2) is 0 Å². The summed E-state index contributed by atoms with van der Waals surface area (Å²) >= 11 is 6.03. The predicted octanol–water partition coefficient (Wildman–Crippen LogP) is 1.37. The highest BCUT2D eigenvalue weighted by molar-refractivity contribution is 6.29. The van der Waals surface area contributed by atoms with E-state index in [-0.39, 0.29) is 11.5 Å². The average molecular weight is 282 g/mol. The summed E-state index contributed by atoms with van der Waals surface area (Å²) < 4.78 is 1.68. The minimum atomic E-state index is -0.285. The van der Waals surface area contributed by atoms with Gasteiger partial charge >= 0.3 is 0 Å². The van der Waals surface area contributed by atoms with Crippen LogP contribution < -0.4 is 4.90 Å². The average Bonchev–Trinajstić information content (AvgIpc) is 2.79. The molecule has 2 aromatic rings. The van der Waals surface area contributed by atoms with Crippen LogP contribution in [0, 0.1) is 5.41 Å². The van der Waals surface area contributed by atoms with Gasteiger partial charge in [0.25, 0.3) is 5.78 Å². The van der Waals surface area contributed by atoms with Gasteiger partial charge in [0.2, 0.25) is 0 Å². The number of hydrogen-bond donors (Lipinski definition) is 1. The maximum absolute atomic E-state index is 10.0. The summed E-state index contributed by atoms with van der Waals surface area (Å²) in [6.45, 7) is 5.62. The number of piperidine rings is 1. The normalized spacial score (nSPS) is 22.9. The highest BCUT2D eigenvalue weighted by Crippen LogP contribution is 2.32. The molecular weight excluding hydrogens is 266 g/mol. The molecule has 0 amide bonds. The quantitative estimate of drug-likeness (QED) is 0.800. The van der Waals surface area contributed by atoms with Crippen LogP contribution in [0.2, 0.25) is 5.15 Å². The lowest BCUT2D eigenvalue weighted by Gasteiger charge is -2.42. The van der Waals surface area contributed by atoms with Crippen molar-refractivity contribution >= 4 is 23.2 Å². The molecule has 0 aliphatic carbocycles. The summed E-state index contributed by atoms with van der Waals surface area (Å²) in [5.41, 5.74) is -0.166. The Kier molecular flexibility index (Phi) is 2.87. The van der Waals surface area contributed by atoms with Gasteiger partial charge in [-0.15, -0.1) is 0 Å². The van der Waals surface area contributed by atoms with Crippen LogP contribution in [0.5, 0.6) is 0 Å². The molecule has 3 heterocycles. The molecule has 1 fully saturated rings. The van der Waals surface area contributed by atoms with Crippen molar-refractivity contribution in [3.8, 4) is 0 Å². The Morgan fingerprint density at radius 1 is 1.47 bits per heavy atom. The Bertz CT molecular complexity index is 611. The third-order valence-electron chi connectivity index (χ3n) is 3.70. The highest BCUT2D eigenvalue weighted by atomic mass is 35.5. The zero-order chi connectivity index (χ0) is 13.6. The van der Waals surface area contributed by atoms with E-state index in [9.17, 15) is 5.11 Å². The molecule has 1 aliphatic rings. The third kappa shape index (κ3) is 2.15. The Morgan fingerprint density at radius 3 is 3.00 bits per heavy atom. The van der Waals surface area contributed by atoms with Gasteiger partial charge in [-0.05, 0) is 6.42 Å². The lowest BCUT2D eigenvalue weighted by atomic mass is 9.81. The molecule has 0 bridgehead atoms. The molecule has 0 radical (unpaired) electrons. The minimum absolute atomic E-state index is 0.166. The second-order valence-electron chi connectivity index (χ2n) is 5.62. The van der Waals surface area contributed by atoms with Crippen LogP contribution in [-0.2, 0) is 0 Å². The summed E-state index contributed by atoms with van der Waals surface area (Å²) in [6, 6.07) is 1.79. The first-order valence-corrected chi connectivity index (χ1v) is 6.64. The number of halogens is 1. The molecule has 102 valence electrons. The minimum Gasteiger partial charge on any atom is -0.392 e. The maximum Gasteiger partial charge on any atom is 0.255 e. The first-order valence-electron chi connectivity index (χ1n) is 6.27. The van der Waals surface area contributed by atoms with Crippen molar-refractivity contribution in [2.45, 2.75) is 26.4 Å². The zero-order valence-electron chi connectivity index (χ0n) is 10.9. The highest BCUT2D eigenvalue weighted by Gasteiger charge is 2.35. The molecule has 6 nitrogen and oxygen atoms in total. The zero-order valence-corrected chi connectivity index (χ0v) is 11.7. The van der Waals surface area contributed by atoms with E-state index in [2.05, 4.69) is 33.8 Å². The monoisotopic (exact) mass is 281 g/mol. The van der Waals surface area contributed by atoms with Gasteiger partial charge in [0.05, 0.1) is 6.10 Å². The second kappa shape index (κ2) is 4.31. The Balaban J connectivity index is 2.02. The summed E-state index contributed by atoms with van der Waals surface area (Å²) in [5, 5.41) is 14.6. The third-order valence-corrected chi connectivity index (χ3v) is 3.89. The van der Waals surface area contributed by atoms with E-state index in [0.29, 0.717) is 10.9 Å². The summed E-state index contributed by atoms with van der Waals surface area (Å²) in [4.78, 5) is 10.4. The van der Waals surface area contributed by atoms with Crippen LogP contribution >= 0.6 is 11.6 Å². The van der Waals surface area contributed by atoms with Crippen LogP contribution in [0.1, 0.15) is 20.3 Å². The molecule has 1 atom stereocenters. The Hall–Kier alpha value is -1.40. The van der Waals surface area contributed by atoms with Crippen LogP contribution in [-0.4, -0.2) is 43.9 Å². The molecule has 1 aliphatic heterocycles. The lowest BCUT2D eigenvalue weighted by Crippen LogP contribution is -2.49. The molecule has 0 aromatic carbocycles. The van der Waals surface area contributed by atoms with Crippen molar-refractivity contribution in [2.24, 2.45) is 5.41 Å². The van der Waals surface area contributed by atoms with Crippen LogP contribution in [0.4, 0.5) is 5.82 Å².